The molecule has 1 amide bonds. The highest BCUT2D eigenvalue weighted by atomic mass is 35.5. The first-order valence-corrected chi connectivity index (χ1v) is 11.0. The predicted molar refractivity (Wildman–Crippen MR) is 116 cm³/mol. The first-order chi connectivity index (χ1) is 13.2. The number of rotatable bonds is 5. The van der Waals surface area contributed by atoms with E-state index in [0.29, 0.717) is 10.7 Å². The number of carbonyl (C=O) groups is 1. The molecule has 0 saturated heterocycles. The summed E-state index contributed by atoms with van der Waals surface area (Å²) in [6.45, 7) is 1.49. The molecule has 0 heterocycles. The van der Waals surface area contributed by atoms with Gasteiger partial charge in [0.1, 0.15) is 6.04 Å². The van der Waals surface area contributed by atoms with Crippen LogP contribution in [0.4, 0.5) is 11.4 Å². The molecule has 0 aromatic heterocycles. The van der Waals surface area contributed by atoms with Crippen molar-refractivity contribution < 1.29 is 13.2 Å². The van der Waals surface area contributed by atoms with Crippen molar-refractivity contribution in [2.75, 3.05) is 15.9 Å². The minimum atomic E-state index is -3.80. The second-order valence-electron chi connectivity index (χ2n) is 6.38. The Labute approximate surface area is 173 Å². The molecular weight excluding hydrogens is 419 g/mol. The number of amides is 1. The highest BCUT2D eigenvalue weighted by molar-refractivity contribution is 7.92. The van der Waals surface area contributed by atoms with E-state index in [-0.39, 0.29) is 10.7 Å². The molecule has 0 fully saturated rings. The second-order valence-corrected chi connectivity index (χ2v) is 9.08. The smallest absolute Gasteiger partial charge is 0.247 e. The lowest BCUT2D eigenvalue weighted by molar-refractivity contribution is -0.116. The summed E-state index contributed by atoms with van der Waals surface area (Å²) in [6.07, 6.45) is 1.02. The van der Waals surface area contributed by atoms with Crippen LogP contribution in [-0.4, -0.2) is 26.6 Å². The van der Waals surface area contributed by atoms with Gasteiger partial charge in [0.25, 0.3) is 0 Å². The largest absolute Gasteiger partial charge is 0.324 e. The minimum absolute atomic E-state index is 0.151. The van der Waals surface area contributed by atoms with Gasteiger partial charge in [0.2, 0.25) is 15.9 Å². The average molecular weight is 437 g/mol. The van der Waals surface area contributed by atoms with Gasteiger partial charge in [-0.2, -0.15) is 0 Å². The third-order valence-corrected chi connectivity index (χ3v) is 6.03. The predicted octanol–water partition coefficient (Wildman–Crippen LogP) is 4.94. The van der Waals surface area contributed by atoms with Gasteiger partial charge >= 0.3 is 0 Å². The molecule has 5 nitrogen and oxygen atoms in total. The summed E-state index contributed by atoms with van der Waals surface area (Å²) in [7, 11) is -3.80. The van der Waals surface area contributed by atoms with Crippen LogP contribution in [0.2, 0.25) is 10.0 Å². The molecule has 0 saturated carbocycles. The summed E-state index contributed by atoms with van der Waals surface area (Å²) >= 11 is 12.2. The second kappa shape index (κ2) is 7.99. The monoisotopic (exact) mass is 436 g/mol. The molecule has 0 spiro atoms. The zero-order valence-electron chi connectivity index (χ0n) is 15.2. The lowest BCUT2D eigenvalue weighted by Crippen LogP contribution is -2.45. The Hall–Kier alpha value is -2.28. The maximum Gasteiger partial charge on any atom is 0.247 e. The molecule has 1 atom stereocenters. The fourth-order valence-corrected chi connectivity index (χ4v) is 4.55. The first-order valence-electron chi connectivity index (χ1n) is 8.41. The number of nitrogens with one attached hydrogen (secondary N) is 1. The number of hydrogen-bond donors (Lipinski definition) is 1. The lowest BCUT2D eigenvalue weighted by Gasteiger charge is -2.29. The van der Waals surface area contributed by atoms with Crippen LogP contribution in [0.3, 0.4) is 0 Å². The molecule has 0 radical (unpaired) electrons. The van der Waals surface area contributed by atoms with Gasteiger partial charge in [-0.1, -0.05) is 53.5 Å². The van der Waals surface area contributed by atoms with Crippen molar-refractivity contribution in [2.24, 2.45) is 0 Å². The van der Waals surface area contributed by atoms with Crippen molar-refractivity contribution in [3.63, 3.8) is 0 Å². The Morgan fingerprint density at radius 2 is 1.68 bits per heavy atom. The fourth-order valence-electron chi connectivity index (χ4n) is 2.95. The minimum Gasteiger partial charge on any atom is -0.324 e. The van der Waals surface area contributed by atoms with Crippen molar-refractivity contribution in [2.45, 2.75) is 13.0 Å². The van der Waals surface area contributed by atoms with Crippen molar-refractivity contribution in [1.29, 1.82) is 0 Å². The van der Waals surface area contributed by atoms with Crippen LogP contribution in [0.1, 0.15) is 6.92 Å². The Bertz CT molecular complexity index is 1150. The fraction of sp³-hybridized carbons (Fsp3) is 0.150. The molecule has 3 aromatic rings. The number of hydrogen-bond acceptors (Lipinski definition) is 3. The first kappa shape index (κ1) is 20.5. The highest BCUT2D eigenvalue weighted by Crippen LogP contribution is 2.32. The van der Waals surface area contributed by atoms with Crippen molar-refractivity contribution in [3.8, 4) is 0 Å². The number of fused-ring (bicyclic) bond motifs is 1. The van der Waals surface area contributed by atoms with Gasteiger partial charge in [-0.15, -0.1) is 0 Å². The van der Waals surface area contributed by atoms with Crippen LogP contribution in [-0.2, 0) is 14.8 Å². The van der Waals surface area contributed by atoms with E-state index in [0.717, 1.165) is 21.3 Å². The number of halogens is 2. The van der Waals surface area contributed by atoms with E-state index in [4.69, 9.17) is 23.2 Å². The molecule has 0 aliphatic rings. The van der Waals surface area contributed by atoms with E-state index in [2.05, 4.69) is 5.32 Å². The molecule has 8 heteroatoms. The van der Waals surface area contributed by atoms with Crippen LogP contribution in [0, 0.1) is 0 Å². The zero-order chi connectivity index (χ0) is 20.5. The van der Waals surface area contributed by atoms with Gasteiger partial charge < -0.3 is 5.32 Å². The number of anilines is 2. The van der Waals surface area contributed by atoms with Crippen molar-refractivity contribution in [3.05, 3.63) is 70.7 Å². The van der Waals surface area contributed by atoms with Crippen molar-refractivity contribution >= 4 is 61.3 Å². The summed E-state index contributed by atoms with van der Waals surface area (Å²) in [4.78, 5) is 12.8. The Morgan fingerprint density at radius 1 is 1.00 bits per heavy atom. The van der Waals surface area contributed by atoms with Gasteiger partial charge in [0, 0.05) is 10.7 Å². The standard InChI is InChI=1S/C20H18Cl2N2O3S/c1-13(24(28(2,26)27)19-12-16(21)8-10-18(19)22)20(25)23-17-9-7-14-5-3-4-6-15(14)11-17/h3-13H,1-2H3,(H,23,25)/t13-/m1/s1. The highest BCUT2D eigenvalue weighted by Gasteiger charge is 2.30. The van der Waals surface area contributed by atoms with Crippen LogP contribution in [0.5, 0.6) is 0 Å². The molecule has 3 rings (SSSR count). The number of sulfonamides is 1. The Balaban J connectivity index is 1.92. The number of carbonyl (C=O) groups excluding carboxylic acids is 1. The molecule has 28 heavy (non-hydrogen) atoms. The molecule has 146 valence electrons. The van der Waals surface area contributed by atoms with E-state index in [1.165, 1.54) is 19.1 Å². The Kier molecular flexibility index (Phi) is 5.84. The van der Waals surface area contributed by atoms with Crippen molar-refractivity contribution in [1.82, 2.24) is 0 Å². The molecule has 1 N–H and O–H groups in total. The number of benzene rings is 3. The number of nitrogens with zero attached hydrogens (tertiary/aromatic N) is 1. The third-order valence-electron chi connectivity index (χ3n) is 4.25. The van der Waals surface area contributed by atoms with Gasteiger partial charge in [-0.3, -0.25) is 9.10 Å². The lowest BCUT2D eigenvalue weighted by atomic mass is 10.1. The molecule has 0 bridgehead atoms. The molecule has 0 aliphatic carbocycles. The maximum atomic E-state index is 12.8. The SMILES string of the molecule is C[C@H](C(=O)Nc1ccc2ccccc2c1)N(c1cc(Cl)ccc1Cl)S(C)(=O)=O. The topological polar surface area (TPSA) is 66.5 Å². The van der Waals surface area contributed by atoms with E-state index in [1.54, 1.807) is 12.1 Å². The molecule has 3 aromatic carbocycles. The summed E-state index contributed by atoms with van der Waals surface area (Å²) in [5, 5.41) is 5.27. The summed E-state index contributed by atoms with van der Waals surface area (Å²) in [5.41, 5.74) is 0.721. The maximum absolute atomic E-state index is 12.8. The van der Waals surface area contributed by atoms with E-state index in [1.807, 2.05) is 36.4 Å². The van der Waals surface area contributed by atoms with Gasteiger partial charge in [0.15, 0.2) is 0 Å². The Morgan fingerprint density at radius 3 is 2.36 bits per heavy atom. The van der Waals surface area contributed by atoms with Crippen LogP contribution in [0.25, 0.3) is 10.8 Å². The average Bonchev–Trinajstić information content (AvgIpc) is 2.63. The van der Waals surface area contributed by atoms with E-state index >= 15 is 0 Å². The third kappa shape index (κ3) is 4.41. The van der Waals surface area contributed by atoms with Crippen LogP contribution >= 0.6 is 23.2 Å². The van der Waals surface area contributed by atoms with E-state index < -0.39 is 22.0 Å². The van der Waals surface area contributed by atoms with Crippen LogP contribution < -0.4 is 9.62 Å². The summed E-state index contributed by atoms with van der Waals surface area (Å²) < 4.78 is 25.8. The summed E-state index contributed by atoms with van der Waals surface area (Å²) in [5.74, 6) is -0.489. The van der Waals surface area contributed by atoms with Gasteiger partial charge in [0.05, 0.1) is 17.0 Å². The normalized spacial score (nSPS) is 12.6. The van der Waals surface area contributed by atoms with Crippen LogP contribution in [0.15, 0.2) is 60.7 Å². The zero-order valence-corrected chi connectivity index (χ0v) is 17.5. The quantitative estimate of drug-likeness (QED) is 0.615. The van der Waals surface area contributed by atoms with Gasteiger partial charge in [-0.05, 0) is 48.0 Å². The molecular formula is C20H18Cl2N2O3S. The molecule has 0 unspecified atom stereocenters. The summed E-state index contributed by atoms with van der Waals surface area (Å²) in [6, 6.07) is 16.6. The molecule has 0 aliphatic heterocycles. The van der Waals surface area contributed by atoms with Gasteiger partial charge in [-0.25, -0.2) is 8.42 Å². The van der Waals surface area contributed by atoms with E-state index in [9.17, 15) is 13.2 Å².